The largest absolute Gasteiger partial charge is 0.352 e. The van der Waals surface area contributed by atoms with Crippen molar-refractivity contribution in [3.8, 4) is 6.07 Å². The number of fused-ring (bicyclic) bond motifs is 1. The van der Waals surface area contributed by atoms with Gasteiger partial charge in [-0.05, 0) is 67.8 Å². The molecule has 1 atom stereocenters. The number of nitrogens with one attached hydrogen (secondary N) is 1. The number of hydrogen-bond acceptors (Lipinski definition) is 5. The van der Waals surface area contributed by atoms with Gasteiger partial charge in [0.05, 0.1) is 28.9 Å². The van der Waals surface area contributed by atoms with Gasteiger partial charge in [0.25, 0.3) is 0 Å². The summed E-state index contributed by atoms with van der Waals surface area (Å²) < 4.78 is 0. The van der Waals surface area contributed by atoms with Crippen LogP contribution < -0.4 is 10.2 Å². The number of carbonyl (C=O) groups is 1. The van der Waals surface area contributed by atoms with Crippen molar-refractivity contribution in [1.82, 2.24) is 20.2 Å². The first-order valence-corrected chi connectivity index (χ1v) is 12.8. The lowest BCUT2D eigenvalue weighted by molar-refractivity contribution is 0.121. The number of nitriles is 1. The first kappa shape index (κ1) is 24.8. The minimum absolute atomic E-state index is 0.0805. The van der Waals surface area contributed by atoms with Crippen molar-refractivity contribution in [2.24, 2.45) is 0 Å². The van der Waals surface area contributed by atoms with Crippen LogP contribution in [0.1, 0.15) is 54.8 Å². The molecule has 0 saturated carbocycles. The molecule has 1 aromatic heterocycles. The second kappa shape index (κ2) is 9.87. The van der Waals surface area contributed by atoms with Crippen LogP contribution in [0.3, 0.4) is 0 Å². The van der Waals surface area contributed by atoms with Gasteiger partial charge in [0.15, 0.2) is 0 Å². The van der Waals surface area contributed by atoms with E-state index in [1.54, 1.807) is 6.33 Å². The number of anilines is 1. The maximum absolute atomic E-state index is 13.3. The summed E-state index contributed by atoms with van der Waals surface area (Å²) in [6.07, 6.45) is 4.51. The fourth-order valence-electron chi connectivity index (χ4n) is 5.12. The number of halogens is 1. The van der Waals surface area contributed by atoms with Gasteiger partial charge in [-0.2, -0.15) is 5.26 Å². The van der Waals surface area contributed by atoms with Crippen LogP contribution in [0.15, 0.2) is 54.9 Å². The summed E-state index contributed by atoms with van der Waals surface area (Å²) in [5.41, 5.74) is 5.53. The van der Waals surface area contributed by atoms with Gasteiger partial charge in [-0.15, -0.1) is 0 Å². The lowest BCUT2D eigenvalue weighted by Gasteiger charge is -2.47. The van der Waals surface area contributed by atoms with E-state index in [0.29, 0.717) is 30.2 Å². The molecule has 2 amide bonds. The Morgan fingerprint density at radius 3 is 2.51 bits per heavy atom. The van der Waals surface area contributed by atoms with Gasteiger partial charge in [0, 0.05) is 36.6 Å². The number of amides is 2. The van der Waals surface area contributed by atoms with Crippen LogP contribution >= 0.6 is 11.6 Å². The van der Waals surface area contributed by atoms with Crippen molar-refractivity contribution in [1.29, 1.82) is 5.26 Å². The van der Waals surface area contributed by atoms with Gasteiger partial charge in [-0.3, -0.25) is 0 Å². The van der Waals surface area contributed by atoms with Crippen molar-refractivity contribution in [2.75, 3.05) is 24.5 Å². The highest BCUT2D eigenvalue weighted by molar-refractivity contribution is 6.30. The van der Waals surface area contributed by atoms with Crippen LogP contribution in [0.25, 0.3) is 11.6 Å². The number of rotatable bonds is 4. The quantitative estimate of drug-likeness (QED) is 0.501. The highest BCUT2D eigenvalue weighted by atomic mass is 35.5. The summed E-state index contributed by atoms with van der Waals surface area (Å²) in [5, 5.41) is 12.9. The van der Waals surface area contributed by atoms with Gasteiger partial charge in [0.2, 0.25) is 0 Å². The van der Waals surface area contributed by atoms with Gasteiger partial charge >= 0.3 is 6.03 Å². The van der Waals surface area contributed by atoms with Crippen LogP contribution in [-0.2, 0) is 6.42 Å². The number of aromatic nitrogens is 2. The standard InChI is InChI=1S/C29H29ClN6O/c1-19(21-8-10-24(30)11-9-21)34-28(37)36-13-12-35(17-29(36,2)3)27-25-14-23(15-26(25)32-18-33-27)22-6-4-20(16-31)5-7-22/h4-11,14,18-19H,12-13,15,17H2,1-3H3,(H,34,37)/t19-/m0/s1. The van der Waals surface area contributed by atoms with Crippen LogP contribution in [-0.4, -0.2) is 46.1 Å². The highest BCUT2D eigenvalue weighted by Gasteiger charge is 2.38. The molecule has 7 nitrogen and oxygen atoms in total. The summed E-state index contributed by atoms with van der Waals surface area (Å²) in [6, 6.07) is 17.1. The first-order valence-electron chi connectivity index (χ1n) is 12.4. The van der Waals surface area contributed by atoms with Gasteiger partial charge in [-0.1, -0.05) is 35.9 Å². The Labute approximate surface area is 222 Å². The first-order chi connectivity index (χ1) is 17.7. The third kappa shape index (κ3) is 5.03. The molecule has 1 fully saturated rings. The van der Waals surface area contributed by atoms with Crippen LogP contribution in [0.5, 0.6) is 0 Å². The summed E-state index contributed by atoms with van der Waals surface area (Å²) >= 11 is 6.01. The fraction of sp³-hybridized carbons (Fsp3) is 0.310. The molecule has 0 bridgehead atoms. The molecule has 1 saturated heterocycles. The maximum atomic E-state index is 13.3. The lowest BCUT2D eigenvalue weighted by Crippen LogP contribution is -2.63. The molecule has 3 aromatic rings. The Bertz CT molecular complexity index is 1390. The fourth-order valence-corrected chi connectivity index (χ4v) is 5.25. The molecule has 0 radical (unpaired) electrons. The lowest BCUT2D eigenvalue weighted by atomic mass is 9.98. The number of benzene rings is 2. The number of hydrogen-bond donors (Lipinski definition) is 1. The molecule has 37 heavy (non-hydrogen) atoms. The molecule has 1 aliphatic carbocycles. The Hall–Kier alpha value is -3.89. The maximum Gasteiger partial charge on any atom is 0.318 e. The zero-order valence-corrected chi connectivity index (χ0v) is 22.0. The summed E-state index contributed by atoms with van der Waals surface area (Å²) in [7, 11) is 0. The third-order valence-corrected chi connectivity index (χ3v) is 7.42. The molecule has 188 valence electrons. The number of nitrogens with zero attached hydrogens (tertiary/aromatic N) is 5. The van der Waals surface area contributed by atoms with Gasteiger partial charge < -0.3 is 15.1 Å². The second-order valence-corrected chi connectivity index (χ2v) is 10.6. The van der Waals surface area contributed by atoms with Crippen molar-refractivity contribution in [2.45, 2.75) is 38.8 Å². The van der Waals surface area contributed by atoms with E-state index in [0.717, 1.165) is 40.2 Å². The number of carbonyl (C=O) groups excluding carboxylic acids is 1. The van der Waals surface area contributed by atoms with E-state index in [1.807, 2.05) is 60.4 Å². The van der Waals surface area contributed by atoms with E-state index in [9.17, 15) is 4.79 Å². The van der Waals surface area contributed by atoms with Crippen LogP contribution in [0.2, 0.25) is 5.02 Å². The Morgan fingerprint density at radius 2 is 1.84 bits per heavy atom. The Kier molecular flexibility index (Phi) is 6.61. The molecule has 2 aliphatic rings. The minimum Gasteiger partial charge on any atom is -0.352 e. The number of urea groups is 1. The molecule has 1 N–H and O–H groups in total. The molecule has 1 aliphatic heterocycles. The minimum atomic E-state index is -0.405. The molecular weight excluding hydrogens is 484 g/mol. The predicted molar refractivity (Wildman–Crippen MR) is 146 cm³/mol. The molecule has 5 rings (SSSR count). The van der Waals surface area contributed by atoms with Crippen LogP contribution in [0.4, 0.5) is 10.6 Å². The summed E-state index contributed by atoms with van der Waals surface area (Å²) in [5.74, 6) is 0.899. The van der Waals surface area contributed by atoms with E-state index in [2.05, 4.69) is 46.2 Å². The summed E-state index contributed by atoms with van der Waals surface area (Å²) in [4.78, 5) is 26.6. The van der Waals surface area contributed by atoms with Gasteiger partial charge in [0.1, 0.15) is 12.1 Å². The van der Waals surface area contributed by atoms with Crippen molar-refractivity contribution >= 4 is 35.1 Å². The van der Waals surface area contributed by atoms with Crippen LogP contribution in [0, 0.1) is 11.3 Å². The molecule has 8 heteroatoms. The smallest absolute Gasteiger partial charge is 0.318 e. The summed E-state index contributed by atoms with van der Waals surface area (Å²) in [6.45, 7) is 8.06. The van der Waals surface area contributed by atoms with E-state index >= 15 is 0 Å². The van der Waals surface area contributed by atoms with E-state index in [-0.39, 0.29) is 12.1 Å². The van der Waals surface area contributed by atoms with E-state index < -0.39 is 5.54 Å². The molecule has 0 unspecified atom stereocenters. The van der Waals surface area contributed by atoms with E-state index in [4.69, 9.17) is 16.9 Å². The van der Waals surface area contributed by atoms with Crippen molar-refractivity contribution in [3.05, 3.63) is 87.8 Å². The zero-order chi connectivity index (χ0) is 26.2. The molecule has 2 aromatic carbocycles. The van der Waals surface area contributed by atoms with Gasteiger partial charge in [-0.25, -0.2) is 14.8 Å². The Balaban J connectivity index is 1.31. The number of piperazine rings is 1. The number of allylic oxidation sites excluding steroid dienone is 1. The third-order valence-electron chi connectivity index (χ3n) is 7.16. The average Bonchev–Trinajstić information content (AvgIpc) is 3.33. The topological polar surface area (TPSA) is 85.2 Å². The predicted octanol–water partition coefficient (Wildman–Crippen LogP) is 5.47. The molecular formula is C29H29ClN6O. The van der Waals surface area contributed by atoms with Crippen molar-refractivity contribution in [3.63, 3.8) is 0 Å². The second-order valence-electron chi connectivity index (χ2n) is 10.2. The average molecular weight is 513 g/mol. The highest BCUT2D eigenvalue weighted by Crippen LogP contribution is 2.36. The van der Waals surface area contributed by atoms with Crippen molar-refractivity contribution < 1.29 is 4.79 Å². The molecule has 2 heterocycles. The van der Waals surface area contributed by atoms with E-state index in [1.165, 1.54) is 0 Å². The zero-order valence-electron chi connectivity index (χ0n) is 21.2. The Morgan fingerprint density at radius 1 is 1.11 bits per heavy atom. The monoisotopic (exact) mass is 512 g/mol. The normalized spacial score (nSPS) is 17.0. The molecule has 0 spiro atoms. The SMILES string of the molecule is C[C@H](NC(=O)N1CCN(c2ncnc3c2C=C(c2ccc(C#N)cc2)C3)CC1(C)C)c1ccc(Cl)cc1.